The third-order valence-electron chi connectivity index (χ3n) is 3.13. The minimum absolute atomic E-state index is 0.0198. The van der Waals surface area contributed by atoms with Gasteiger partial charge in [-0.2, -0.15) is 0 Å². The Labute approximate surface area is 136 Å². The van der Waals surface area contributed by atoms with Gasteiger partial charge in [-0.3, -0.25) is 14.9 Å². The number of hydrogen-bond acceptors (Lipinski definition) is 6. The number of esters is 1. The topological polar surface area (TPSA) is 124 Å². The lowest BCUT2D eigenvalue weighted by Gasteiger charge is -2.13. The van der Waals surface area contributed by atoms with Gasteiger partial charge in [-0.15, -0.1) is 0 Å². The summed E-state index contributed by atoms with van der Waals surface area (Å²) in [5.41, 5.74) is -0.149. The highest BCUT2D eigenvalue weighted by Gasteiger charge is 2.23. The van der Waals surface area contributed by atoms with E-state index in [1.165, 1.54) is 38.3 Å². The summed E-state index contributed by atoms with van der Waals surface area (Å²) in [5, 5.41) is 13.5. The Kier molecular flexibility index (Phi) is 5.15. The molecule has 9 heteroatoms. The number of amides is 1. The number of nitro groups is 1. The summed E-state index contributed by atoms with van der Waals surface area (Å²) < 4.78 is 9.91. The molecule has 1 aromatic carbocycles. The molecule has 2 rings (SSSR count). The Morgan fingerprint density at radius 1 is 1.33 bits per heavy atom. The number of nitro benzene ring substituents is 1. The number of hydrogen-bond donors (Lipinski definition) is 2. The molecule has 9 nitrogen and oxygen atoms in total. The monoisotopic (exact) mass is 333 g/mol. The van der Waals surface area contributed by atoms with Crippen LogP contribution in [0.1, 0.15) is 17.4 Å². The van der Waals surface area contributed by atoms with Crippen LogP contribution in [0.4, 0.5) is 11.4 Å². The Morgan fingerprint density at radius 3 is 2.67 bits per heavy atom. The fourth-order valence-electron chi connectivity index (χ4n) is 1.86. The zero-order chi connectivity index (χ0) is 17.7. The van der Waals surface area contributed by atoms with E-state index in [-0.39, 0.29) is 22.8 Å². The Hall–Kier alpha value is -3.36. The average molecular weight is 333 g/mol. The third kappa shape index (κ3) is 3.88. The summed E-state index contributed by atoms with van der Waals surface area (Å²) >= 11 is 0. The summed E-state index contributed by atoms with van der Waals surface area (Å²) in [6.07, 6.45) is 0.407. The van der Waals surface area contributed by atoms with Gasteiger partial charge in [-0.25, -0.2) is 4.79 Å². The lowest BCUT2D eigenvalue weighted by atomic mass is 10.2. The minimum Gasteiger partial charge on any atom is -0.496 e. The van der Waals surface area contributed by atoms with Gasteiger partial charge in [0, 0.05) is 6.20 Å². The zero-order valence-electron chi connectivity index (χ0n) is 12.9. The van der Waals surface area contributed by atoms with E-state index >= 15 is 0 Å². The van der Waals surface area contributed by atoms with Gasteiger partial charge < -0.3 is 19.8 Å². The van der Waals surface area contributed by atoms with Crippen LogP contribution >= 0.6 is 0 Å². The average Bonchev–Trinajstić information content (AvgIpc) is 3.09. The van der Waals surface area contributed by atoms with Crippen LogP contribution in [-0.2, 0) is 9.53 Å². The molecule has 0 aliphatic heterocycles. The van der Waals surface area contributed by atoms with Gasteiger partial charge in [0.05, 0.1) is 18.1 Å². The smallest absolute Gasteiger partial charge is 0.355 e. The molecule has 0 aliphatic rings. The van der Waals surface area contributed by atoms with Crippen LogP contribution < -0.4 is 10.1 Å². The molecule has 1 amide bonds. The lowest BCUT2D eigenvalue weighted by molar-refractivity contribution is -0.384. The van der Waals surface area contributed by atoms with Crippen molar-refractivity contribution in [3.63, 3.8) is 0 Å². The first-order chi connectivity index (χ1) is 11.4. The molecule has 0 unspecified atom stereocenters. The Bertz CT molecular complexity index is 757. The normalized spacial score (nSPS) is 11.4. The van der Waals surface area contributed by atoms with Crippen LogP contribution in [0.15, 0.2) is 36.5 Å². The maximum atomic E-state index is 12.1. The fourth-order valence-corrected chi connectivity index (χ4v) is 1.86. The molecular formula is C15H15N3O6. The second-order valence-electron chi connectivity index (χ2n) is 4.76. The minimum atomic E-state index is -1.14. The molecule has 0 fully saturated rings. The molecule has 0 aliphatic carbocycles. The number of anilines is 1. The lowest BCUT2D eigenvalue weighted by Crippen LogP contribution is -2.30. The van der Waals surface area contributed by atoms with Crippen molar-refractivity contribution in [3.05, 3.63) is 52.3 Å². The van der Waals surface area contributed by atoms with E-state index in [0.717, 1.165) is 0 Å². The second kappa shape index (κ2) is 7.27. The van der Waals surface area contributed by atoms with Crippen LogP contribution in [0.3, 0.4) is 0 Å². The van der Waals surface area contributed by atoms with Gasteiger partial charge in [0.2, 0.25) is 0 Å². The highest BCUT2D eigenvalue weighted by Crippen LogP contribution is 2.29. The molecule has 1 aromatic heterocycles. The van der Waals surface area contributed by atoms with Crippen molar-refractivity contribution in [2.75, 3.05) is 12.4 Å². The fraction of sp³-hybridized carbons (Fsp3) is 0.200. The van der Waals surface area contributed by atoms with Crippen molar-refractivity contribution in [1.29, 1.82) is 0 Å². The van der Waals surface area contributed by atoms with Crippen molar-refractivity contribution < 1.29 is 24.0 Å². The van der Waals surface area contributed by atoms with Crippen LogP contribution in [0.5, 0.6) is 5.75 Å². The molecule has 2 aromatic rings. The maximum Gasteiger partial charge on any atom is 0.355 e. The van der Waals surface area contributed by atoms with Gasteiger partial charge >= 0.3 is 5.97 Å². The van der Waals surface area contributed by atoms with Crippen molar-refractivity contribution in [2.45, 2.75) is 13.0 Å². The summed E-state index contributed by atoms with van der Waals surface area (Å²) in [5.74, 6) is -1.11. The van der Waals surface area contributed by atoms with E-state index < -0.39 is 22.9 Å². The van der Waals surface area contributed by atoms with Gasteiger partial charge in [-0.05, 0) is 31.2 Å². The number of H-pyrrole nitrogens is 1. The van der Waals surface area contributed by atoms with E-state index in [9.17, 15) is 19.7 Å². The first-order valence-electron chi connectivity index (χ1n) is 6.90. The Morgan fingerprint density at radius 2 is 2.08 bits per heavy atom. The molecule has 126 valence electrons. The van der Waals surface area contributed by atoms with Crippen molar-refractivity contribution in [3.8, 4) is 5.75 Å². The van der Waals surface area contributed by atoms with Crippen LogP contribution in [-0.4, -0.2) is 35.0 Å². The number of nitrogens with one attached hydrogen (secondary N) is 2. The van der Waals surface area contributed by atoms with Gasteiger partial charge in [-0.1, -0.05) is 0 Å². The van der Waals surface area contributed by atoms with E-state index in [2.05, 4.69) is 10.3 Å². The summed E-state index contributed by atoms with van der Waals surface area (Å²) in [7, 11) is 1.37. The number of rotatable bonds is 6. The number of methoxy groups -OCH3 is 1. The van der Waals surface area contributed by atoms with E-state index in [0.29, 0.717) is 0 Å². The number of nitrogens with zero attached hydrogens (tertiary/aromatic N) is 1. The van der Waals surface area contributed by atoms with Gasteiger partial charge in [0.15, 0.2) is 6.10 Å². The number of carbonyl (C=O) groups is 2. The SMILES string of the molecule is COc1ccc(NC(=O)[C@@H](C)OC(=O)c2ccc[nH]2)c([N+](=O)[O-])c1. The van der Waals surface area contributed by atoms with Gasteiger partial charge in [0.1, 0.15) is 17.1 Å². The number of aromatic amines is 1. The van der Waals surface area contributed by atoms with E-state index in [1.54, 1.807) is 12.3 Å². The van der Waals surface area contributed by atoms with Crippen molar-refractivity contribution >= 4 is 23.3 Å². The first kappa shape index (κ1) is 17.0. The predicted octanol–water partition coefficient (Wildman–Crippen LogP) is 2.12. The molecule has 1 atom stereocenters. The van der Waals surface area contributed by atoms with Crippen molar-refractivity contribution in [1.82, 2.24) is 4.98 Å². The number of aromatic nitrogens is 1. The molecule has 24 heavy (non-hydrogen) atoms. The molecule has 2 N–H and O–H groups in total. The second-order valence-corrected chi connectivity index (χ2v) is 4.76. The van der Waals surface area contributed by atoms with Crippen molar-refractivity contribution in [2.24, 2.45) is 0 Å². The maximum absolute atomic E-state index is 12.1. The standard InChI is InChI=1S/C15H15N3O6/c1-9(24-15(20)12-4-3-7-16-12)14(19)17-11-6-5-10(23-2)8-13(11)18(21)22/h3-9,16H,1-2H3,(H,17,19)/t9-/m1/s1. The molecule has 0 spiro atoms. The number of carbonyl (C=O) groups excluding carboxylic acids is 2. The molecular weight excluding hydrogens is 318 g/mol. The zero-order valence-corrected chi connectivity index (χ0v) is 12.9. The van der Waals surface area contributed by atoms with E-state index in [1.807, 2.05) is 0 Å². The molecule has 0 saturated heterocycles. The molecule has 0 bridgehead atoms. The van der Waals surface area contributed by atoms with Crippen LogP contribution in [0.25, 0.3) is 0 Å². The van der Waals surface area contributed by atoms with Gasteiger partial charge in [0.25, 0.3) is 11.6 Å². The number of benzene rings is 1. The molecule has 1 heterocycles. The largest absolute Gasteiger partial charge is 0.496 e. The molecule has 0 saturated carbocycles. The highest BCUT2D eigenvalue weighted by molar-refractivity contribution is 5.98. The third-order valence-corrected chi connectivity index (χ3v) is 3.13. The van der Waals surface area contributed by atoms with E-state index in [4.69, 9.17) is 9.47 Å². The highest BCUT2D eigenvalue weighted by atomic mass is 16.6. The van der Waals surface area contributed by atoms with Crippen LogP contribution in [0.2, 0.25) is 0 Å². The summed E-state index contributed by atoms with van der Waals surface area (Å²) in [6.45, 7) is 1.37. The summed E-state index contributed by atoms with van der Waals surface area (Å²) in [6, 6.07) is 7.11. The quantitative estimate of drug-likeness (QED) is 0.474. The molecule has 0 radical (unpaired) electrons. The number of ether oxygens (including phenoxy) is 2. The summed E-state index contributed by atoms with van der Waals surface area (Å²) in [4.78, 5) is 37.0. The first-order valence-corrected chi connectivity index (χ1v) is 6.90. The predicted molar refractivity (Wildman–Crippen MR) is 83.9 cm³/mol. The van der Waals surface area contributed by atoms with Crippen LogP contribution in [0, 0.1) is 10.1 Å². The Balaban J connectivity index is 2.08.